The van der Waals surface area contributed by atoms with Crippen molar-refractivity contribution in [2.45, 2.75) is 17.2 Å². The van der Waals surface area contributed by atoms with Crippen LogP contribution in [0, 0.1) is 11.3 Å². The van der Waals surface area contributed by atoms with E-state index in [4.69, 9.17) is 22.0 Å². The van der Waals surface area contributed by atoms with Crippen molar-refractivity contribution in [2.24, 2.45) is 0 Å². The molecule has 20 heavy (non-hydrogen) atoms. The number of nitriles is 1. The summed E-state index contributed by atoms with van der Waals surface area (Å²) in [6.07, 6.45) is -7.76. The van der Waals surface area contributed by atoms with Gasteiger partial charge >= 0.3 is 6.18 Å². The Bertz CT molecular complexity index is 640. The molecule has 0 aromatic heterocycles. The maximum atomic E-state index is 12.1. The Morgan fingerprint density at radius 3 is 2.50 bits per heavy atom. The van der Waals surface area contributed by atoms with Crippen molar-refractivity contribution in [2.75, 3.05) is 6.54 Å². The third-order valence-corrected chi connectivity index (χ3v) is 4.10. The SMILES string of the molecule is N#Cc1ccc(S(=O)(=O)NCC(O)C(F)(F)F)c(Cl)c1. The molecule has 0 saturated heterocycles. The molecule has 1 atom stereocenters. The molecule has 10 heteroatoms. The molecule has 110 valence electrons. The Hall–Kier alpha value is -1.34. The third kappa shape index (κ3) is 4.08. The van der Waals surface area contributed by atoms with Crippen LogP contribution in [-0.4, -0.2) is 32.3 Å². The molecule has 5 nitrogen and oxygen atoms in total. The van der Waals surface area contributed by atoms with Gasteiger partial charge in [-0.2, -0.15) is 18.4 Å². The number of aliphatic hydroxyl groups is 1. The largest absolute Gasteiger partial charge is 0.415 e. The summed E-state index contributed by atoms with van der Waals surface area (Å²) in [7, 11) is -4.32. The van der Waals surface area contributed by atoms with E-state index in [-0.39, 0.29) is 10.6 Å². The van der Waals surface area contributed by atoms with Gasteiger partial charge in [-0.25, -0.2) is 13.1 Å². The summed E-state index contributed by atoms with van der Waals surface area (Å²) >= 11 is 5.64. The molecule has 0 fully saturated rings. The molecule has 2 N–H and O–H groups in total. The number of rotatable bonds is 4. The lowest BCUT2D eigenvalue weighted by Crippen LogP contribution is -2.40. The van der Waals surface area contributed by atoms with Crippen LogP contribution in [0.5, 0.6) is 0 Å². The molecule has 0 spiro atoms. The second-order valence-corrected chi connectivity index (χ2v) is 5.81. The van der Waals surface area contributed by atoms with Crippen molar-refractivity contribution in [1.82, 2.24) is 4.72 Å². The highest BCUT2D eigenvalue weighted by Crippen LogP contribution is 2.23. The highest BCUT2D eigenvalue weighted by Gasteiger charge is 2.38. The molecule has 1 aromatic rings. The van der Waals surface area contributed by atoms with E-state index in [9.17, 15) is 21.6 Å². The number of hydrogen-bond acceptors (Lipinski definition) is 4. The number of alkyl halides is 3. The zero-order valence-electron chi connectivity index (χ0n) is 9.65. The Morgan fingerprint density at radius 2 is 2.05 bits per heavy atom. The minimum Gasteiger partial charge on any atom is -0.382 e. The lowest BCUT2D eigenvalue weighted by molar-refractivity contribution is -0.200. The summed E-state index contributed by atoms with van der Waals surface area (Å²) in [4.78, 5) is -0.479. The summed E-state index contributed by atoms with van der Waals surface area (Å²) in [6, 6.07) is 4.94. The zero-order chi connectivity index (χ0) is 15.6. The molecule has 0 aliphatic rings. The van der Waals surface area contributed by atoms with Crippen LogP contribution < -0.4 is 4.72 Å². The van der Waals surface area contributed by atoms with Crippen LogP contribution >= 0.6 is 11.6 Å². The van der Waals surface area contributed by atoms with Crippen molar-refractivity contribution in [1.29, 1.82) is 5.26 Å². The molecular formula is C10H8ClF3N2O3S. The summed E-state index contributed by atoms with van der Waals surface area (Å²) < 4.78 is 61.2. The second-order valence-electron chi connectivity index (χ2n) is 3.67. The fraction of sp³-hybridized carbons (Fsp3) is 0.300. The summed E-state index contributed by atoms with van der Waals surface area (Å²) in [6.45, 7) is -1.23. The molecule has 0 radical (unpaired) electrons. The van der Waals surface area contributed by atoms with Gasteiger partial charge in [-0.05, 0) is 18.2 Å². The van der Waals surface area contributed by atoms with Crippen LogP contribution in [0.1, 0.15) is 5.56 Å². The maximum absolute atomic E-state index is 12.1. The van der Waals surface area contributed by atoms with Gasteiger partial charge in [0.25, 0.3) is 0 Å². The number of aliphatic hydroxyl groups excluding tert-OH is 1. The summed E-state index contributed by atoms with van der Waals surface area (Å²) in [5.41, 5.74) is 0.101. The molecule has 0 aliphatic carbocycles. The highest BCUT2D eigenvalue weighted by molar-refractivity contribution is 7.89. The fourth-order valence-electron chi connectivity index (χ4n) is 1.17. The molecule has 1 rings (SSSR count). The average molecular weight is 329 g/mol. The zero-order valence-corrected chi connectivity index (χ0v) is 11.2. The Balaban J connectivity index is 2.93. The van der Waals surface area contributed by atoms with Crippen LogP contribution in [0.3, 0.4) is 0 Å². The van der Waals surface area contributed by atoms with Crippen molar-refractivity contribution in [3.63, 3.8) is 0 Å². The molecule has 0 heterocycles. The number of benzene rings is 1. The number of sulfonamides is 1. The van der Waals surface area contributed by atoms with Crippen molar-refractivity contribution >= 4 is 21.6 Å². The van der Waals surface area contributed by atoms with Gasteiger partial charge in [-0.1, -0.05) is 11.6 Å². The topological polar surface area (TPSA) is 90.2 Å². The normalized spacial score (nSPS) is 13.8. The van der Waals surface area contributed by atoms with Crippen LogP contribution in [0.15, 0.2) is 23.1 Å². The van der Waals surface area contributed by atoms with E-state index >= 15 is 0 Å². The molecular weight excluding hydrogens is 321 g/mol. The minimum absolute atomic E-state index is 0.101. The predicted octanol–water partition coefficient (Wildman–Crippen LogP) is 1.41. The van der Waals surface area contributed by atoms with E-state index in [0.717, 1.165) is 18.2 Å². The molecule has 1 aromatic carbocycles. The van der Waals surface area contributed by atoms with Gasteiger partial charge in [0.15, 0.2) is 6.10 Å². The van der Waals surface area contributed by atoms with Crippen molar-refractivity contribution in [3.05, 3.63) is 28.8 Å². The fourth-order valence-corrected chi connectivity index (χ4v) is 2.75. The maximum Gasteiger partial charge on any atom is 0.415 e. The molecule has 0 aliphatic heterocycles. The smallest absolute Gasteiger partial charge is 0.382 e. The third-order valence-electron chi connectivity index (χ3n) is 2.20. The van der Waals surface area contributed by atoms with Gasteiger partial charge in [0.2, 0.25) is 10.0 Å². The van der Waals surface area contributed by atoms with E-state index in [2.05, 4.69) is 0 Å². The summed E-state index contributed by atoms with van der Waals surface area (Å²) in [5, 5.41) is 17.0. The van der Waals surface area contributed by atoms with Gasteiger partial charge in [-0.15, -0.1) is 0 Å². The number of nitrogens with one attached hydrogen (secondary N) is 1. The van der Waals surface area contributed by atoms with Crippen LogP contribution in [-0.2, 0) is 10.0 Å². The molecule has 0 amide bonds. The average Bonchev–Trinajstić information content (AvgIpc) is 2.34. The quantitative estimate of drug-likeness (QED) is 0.874. The van der Waals surface area contributed by atoms with E-state index in [1.165, 1.54) is 0 Å². The van der Waals surface area contributed by atoms with Gasteiger partial charge in [-0.3, -0.25) is 0 Å². The van der Waals surface area contributed by atoms with Gasteiger partial charge < -0.3 is 5.11 Å². The van der Waals surface area contributed by atoms with E-state index in [0.29, 0.717) is 0 Å². The Labute approximate surface area is 117 Å². The van der Waals surface area contributed by atoms with Crippen LogP contribution in [0.2, 0.25) is 5.02 Å². The Kier molecular flexibility index (Phi) is 4.99. The second kappa shape index (κ2) is 5.97. The van der Waals surface area contributed by atoms with E-state index in [1.807, 2.05) is 0 Å². The Morgan fingerprint density at radius 1 is 1.45 bits per heavy atom. The lowest BCUT2D eigenvalue weighted by Gasteiger charge is -2.15. The molecule has 0 saturated carbocycles. The number of nitrogens with zero attached hydrogens (tertiary/aromatic N) is 1. The van der Waals surface area contributed by atoms with E-state index in [1.54, 1.807) is 10.8 Å². The number of halogens is 4. The minimum atomic E-state index is -4.93. The van der Waals surface area contributed by atoms with Crippen molar-refractivity contribution in [3.8, 4) is 6.07 Å². The monoisotopic (exact) mass is 328 g/mol. The first-order chi connectivity index (χ1) is 9.08. The molecule has 1 unspecified atom stereocenters. The van der Waals surface area contributed by atoms with Gasteiger partial charge in [0, 0.05) is 6.54 Å². The standard InChI is InChI=1S/C10H8ClF3N2O3S/c11-7-3-6(4-15)1-2-8(7)20(18,19)16-5-9(17)10(12,13)14/h1-3,9,16-17H,5H2. The first-order valence-corrected chi connectivity index (χ1v) is 6.88. The lowest BCUT2D eigenvalue weighted by atomic mass is 10.2. The van der Waals surface area contributed by atoms with Gasteiger partial charge in [0.05, 0.1) is 16.7 Å². The first-order valence-electron chi connectivity index (χ1n) is 5.02. The molecule has 0 bridgehead atoms. The predicted molar refractivity (Wildman–Crippen MR) is 63.4 cm³/mol. The highest BCUT2D eigenvalue weighted by atomic mass is 35.5. The van der Waals surface area contributed by atoms with Gasteiger partial charge in [0.1, 0.15) is 4.90 Å². The number of hydrogen-bond donors (Lipinski definition) is 2. The summed E-state index contributed by atoms with van der Waals surface area (Å²) in [5.74, 6) is 0. The van der Waals surface area contributed by atoms with Crippen LogP contribution in [0.4, 0.5) is 13.2 Å². The first kappa shape index (κ1) is 16.7. The van der Waals surface area contributed by atoms with Crippen LogP contribution in [0.25, 0.3) is 0 Å². The van der Waals surface area contributed by atoms with Crippen molar-refractivity contribution < 1.29 is 26.7 Å². The van der Waals surface area contributed by atoms with E-state index < -0.39 is 33.7 Å².